The van der Waals surface area contributed by atoms with Crippen LogP contribution in [0.1, 0.15) is 37.4 Å². The van der Waals surface area contributed by atoms with Gasteiger partial charge in [0.25, 0.3) is 10.2 Å². The second kappa shape index (κ2) is 8.60. The summed E-state index contributed by atoms with van der Waals surface area (Å²) in [6.07, 6.45) is 3.31. The molecule has 2 fully saturated rings. The van der Waals surface area contributed by atoms with Crippen molar-refractivity contribution in [2.45, 2.75) is 31.8 Å². The van der Waals surface area contributed by atoms with E-state index < -0.39 is 16.3 Å². The lowest BCUT2D eigenvalue weighted by Gasteiger charge is -2.31. The quantitative estimate of drug-likeness (QED) is 0.856. The number of benzene rings is 1. The molecule has 2 heterocycles. The van der Waals surface area contributed by atoms with Crippen molar-refractivity contribution in [3.05, 3.63) is 35.9 Å². The average molecular weight is 368 g/mol. The van der Waals surface area contributed by atoms with Gasteiger partial charge in [0.15, 0.2) is 0 Å². The zero-order chi connectivity index (χ0) is 17.7. The molecule has 0 aromatic heterocycles. The summed E-state index contributed by atoms with van der Waals surface area (Å²) in [5, 5.41) is 10.4. The first kappa shape index (κ1) is 18.8. The van der Waals surface area contributed by atoms with E-state index in [1.54, 1.807) is 8.61 Å². The van der Waals surface area contributed by atoms with Crippen LogP contribution in [0.5, 0.6) is 0 Å². The molecule has 0 spiro atoms. The maximum absolute atomic E-state index is 12.8. The van der Waals surface area contributed by atoms with E-state index in [2.05, 4.69) is 4.90 Å². The maximum Gasteiger partial charge on any atom is 0.282 e. The fourth-order valence-corrected chi connectivity index (χ4v) is 5.36. The van der Waals surface area contributed by atoms with Crippen molar-refractivity contribution in [1.29, 1.82) is 0 Å². The number of hydrogen-bond acceptors (Lipinski definition) is 4. The molecule has 1 N–H and O–H groups in total. The van der Waals surface area contributed by atoms with E-state index in [1.807, 2.05) is 30.3 Å². The largest absolute Gasteiger partial charge is 0.387 e. The van der Waals surface area contributed by atoms with Crippen LogP contribution in [0.15, 0.2) is 30.3 Å². The SMILES string of the molecule is O=S(=O)(N1CCCCC1)N1CCCN(CC(O)c2ccccc2)CC1. The highest BCUT2D eigenvalue weighted by molar-refractivity contribution is 7.86. The van der Waals surface area contributed by atoms with Gasteiger partial charge in [-0.15, -0.1) is 0 Å². The van der Waals surface area contributed by atoms with Crippen LogP contribution >= 0.6 is 0 Å². The normalized spacial score (nSPS) is 23.2. The highest BCUT2D eigenvalue weighted by Gasteiger charge is 2.32. The van der Waals surface area contributed by atoms with Gasteiger partial charge in [-0.2, -0.15) is 17.0 Å². The number of β-amino-alcohol motifs (C(OH)–C–C–N with tert-alkyl or cyclic N) is 1. The fourth-order valence-electron chi connectivity index (χ4n) is 3.64. The molecule has 2 saturated heterocycles. The lowest BCUT2D eigenvalue weighted by Crippen LogP contribution is -2.47. The maximum atomic E-state index is 12.8. The van der Waals surface area contributed by atoms with Crippen LogP contribution in [-0.4, -0.2) is 72.8 Å². The number of hydrogen-bond donors (Lipinski definition) is 1. The van der Waals surface area contributed by atoms with Crippen molar-refractivity contribution < 1.29 is 13.5 Å². The first-order chi connectivity index (χ1) is 12.1. The third kappa shape index (κ3) is 4.80. The molecule has 1 unspecified atom stereocenters. The Labute approximate surface area is 151 Å². The number of rotatable bonds is 5. The Morgan fingerprint density at radius 1 is 0.840 bits per heavy atom. The van der Waals surface area contributed by atoms with Gasteiger partial charge in [-0.1, -0.05) is 36.8 Å². The summed E-state index contributed by atoms with van der Waals surface area (Å²) >= 11 is 0. The molecular formula is C18H29N3O3S. The minimum atomic E-state index is -3.33. The molecule has 0 aliphatic carbocycles. The van der Waals surface area contributed by atoms with Gasteiger partial charge in [0, 0.05) is 39.3 Å². The molecule has 1 aromatic carbocycles. The Morgan fingerprint density at radius 2 is 1.48 bits per heavy atom. The van der Waals surface area contributed by atoms with E-state index in [1.165, 1.54) is 0 Å². The molecule has 3 rings (SSSR count). The molecule has 1 atom stereocenters. The van der Waals surface area contributed by atoms with Crippen molar-refractivity contribution in [1.82, 2.24) is 13.5 Å². The smallest absolute Gasteiger partial charge is 0.282 e. The van der Waals surface area contributed by atoms with E-state index in [4.69, 9.17) is 0 Å². The van der Waals surface area contributed by atoms with Gasteiger partial charge < -0.3 is 5.11 Å². The lowest BCUT2D eigenvalue weighted by atomic mass is 10.1. The predicted molar refractivity (Wildman–Crippen MR) is 98.4 cm³/mol. The summed E-state index contributed by atoms with van der Waals surface area (Å²) in [7, 11) is -3.33. The van der Waals surface area contributed by atoms with Crippen molar-refractivity contribution in [3.8, 4) is 0 Å². The summed E-state index contributed by atoms with van der Waals surface area (Å²) in [5.74, 6) is 0. The summed E-state index contributed by atoms with van der Waals surface area (Å²) in [6, 6.07) is 9.64. The topological polar surface area (TPSA) is 64.1 Å². The standard InChI is InChI=1S/C18H29N3O3S/c22-18(17-8-3-1-4-9-17)16-19-10-7-13-21(15-14-19)25(23,24)20-11-5-2-6-12-20/h1,3-4,8-9,18,22H,2,5-7,10-16H2. The molecule has 0 bridgehead atoms. The van der Waals surface area contributed by atoms with Crippen molar-refractivity contribution in [3.63, 3.8) is 0 Å². The average Bonchev–Trinajstić information content (AvgIpc) is 2.89. The minimum Gasteiger partial charge on any atom is -0.387 e. The van der Waals surface area contributed by atoms with Gasteiger partial charge >= 0.3 is 0 Å². The lowest BCUT2D eigenvalue weighted by molar-refractivity contribution is 0.116. The Kier molecular flexibility index (Phi) is 6.46. The molecular weight excluding hydrogens is 338 g/mol. The molecule has 0 saturated carbocycles. The van der Waals surface area contributed by atoms with Crippen molar-refractivity contribution in [2.75, 3.05) is 45.8 Å². The van der Waals surface area contributed by atoms with E-state index in [0.717, 1.165) is 37.8 Å². The molecule has 2 aliphatic rings. The summed E-state index contributed by atoms with van der Waals surface area (Å²) in [6.45, 7) is 4.39. The van der Waals surface area contributed by atoms with Crippen LogP contribution in [0, 0.1) is 0 Å². The zero-order valence-electron chi connectivity index (χ0n) is 14.8. The second-order valence-electron chi connectivity index (χ2n) is 6.95. The van der Waals surface area contributed by atoms with Gasteiger partial charge in [-0.25, -0.2) is 0 Å². The number of aliphatic hydroxyl groups is 1. The monoisotopic (exact) mass is 367 g/mol. The molecule has 0 radical (unpaired) electrons. The van der Waals surface area contributed by atoms with Crippen LogP contribution in [-0.2, 0) is 10.2 Å². The summed E-state index contributed by atoms with van der Waals surface area (Å²) < 4.78 is 28.9. The summed E-state index contributed by atoms with van der Waals surface area (Å²) in [5.41, 5.74) is 0.907. The van der Waals surface area contributed by atoms with Crippen LogP contribution < -0.4 is 0 Å². The molecule has 1 aromatic rings. The Bertz CT molecular complexity index is 632. The molecule has 0 amide bonds. The van der Waals surface area contributed by atoms with Crippen molar-refractivity contribution in [2.24, 2.45) is 0 Å². The van der Waals surface area contributed by atoms with Gasteiger partial charge in [0.05, 0.1) is 6.10 Å². The first-order valence-electron chi connectivity index (χ1n) is 9.28. The second-order valence-corrected chi connectivity index (χ2v) is 8.88. The first-order valence-corrected chi connectivity index (χ1v) is 10.7. The zero-order valence-corrected chi connectivity index (χ0v) is 15.6. The highest BCUT2D eigenvalue weighted by atomic mass is 32.2. The van der Waals surface area contributed by atoms with Crippen molar-refractivity contribution >= 4 is 10.2 Å². The van der Waals surface area contributed by atoms with Crippen LogP contribution in [0.3, 0.4) is 0 Å². The number of nitrogens with zero attached hydrogens (tertiary/aromatic N) is 3. The Morgan fingerprint density at radius 3 is 2.20 bits per heavy atom. The van der Waals surface area contributed by atoms with Crippen LogP contribution in [0.4, 0.5) is 0 Å². The van der Waals surface area contributed by atoms with E-state index in [0.29, 0.717) is 39.3 Å². The molecule has 25 heavy (non-hydrogen) atoms. The fraction of sp³-hybridized carbons (Fsp3) is 0.667. The van der Waals surface area contributed by atoms with E-state index in [9.17, 15) is 13.5 Å². The molecule has 140 valence electrons. The van der Waals surface area contributed by atoms with Gasteiger partial charge in [-0.05, 0) is 31.4 Å². The van der Waals surface area contributed by atoms with Crippen LogP contribution in [0.2, 0.25) is 0 Å². The molecule has 6 nitrogen and oxygen atoms in total. The van der Waals surface area contributed by atoms with Gasteiger partial charge in [-0.3, -0.25) is 4.90 Å². The third-order valence-corrected chi connectivity index (χ3v) is 7.17. The highest BCUT2D eigenvalue weighted by Crippen LogP contribution is 2.19. The molecule has 2 aliphatic heterocycles. The van der Waals surface area contributed by atoms with E-state index in [-0.39, 0.29) is 0 Å². The number of aliphatic hydroxyl groups excluding tert-OH is 1. The number of piperidine rings is 1. The third-order valence-electron chi connectivity index (χ3n) is 5.13. The Hall–Kier alpha value is -0.990. The summed E-state index contributed by atoms with van der Waals surface area (Å²) in [4.78, 5) is 2.17. The predicted octanol–water partition coefficient (Wildman–Crippen LogP) is 1.46. The van der Waals surface area contributed by atoms with Gasteiger partial charge in [0.1, 0.15) is 0 Å². The minimum absolute atomic E-state index is 0.500. The molecule has 7 heteroatoms. The Balaban J connectivity index is 1.57. The van der Waals surface area contributed by atoms with E-state index >= 15 is 0 Å². The van der Waals surface area contributed by atoms with Gasteiger partial charge in [0.2, 0.25) is 0 Å². The van der Waals surface area contributed by atoms with Crippen LogP contribution in [0.25, 0.3) is 0 Å².